The normalized spacial score (nSPS) is 10.3. The lowest BCUT2D eigenvalue weighted by atomic mass is 10.2. The molecule has 0 aliphatic heterocycles. The van der Waals surface area contributed by atoms with Gasteiger partial charge in [-0.3, -0.25) is 4.79 Å². The Morgan fingerprint density at radius 1 is 1.45 bits per heavy atom. The average Bonchev–Trinajstić information content (AvgIpc) is 2.83. The molecule has 1 heterocycles. The monoisotopic (exact) mass is 278 g/mol. The number of carbonyl (C=O) groups excluding carboxylic acids is 1. The summed E-state index contributed by atoms with van der Waals surface area (Å²) in [4.78, 5) is 22.4. The van der Waals surface area contributed by atoms with Crippen LogP contribution in [0.5, 0.6) is 0 Å². The molecular weight excluding hydrogens is 267 g/mol. The quantitative estimate of drug-likeness (QED) is 0.871. The topological polar surface area (TPSA) is 97.1 Å². The molecule has 8 heteroatoms. The van der Waals surface area contributed by atoms with Crippen molar-refractivity contribution < 1.29 is 19.1 Å². The summed E-state index contributed by atoms with van der Waals surface area (Å²) in [7, 11) is 0. The highest BCUT2D eigenvalue weighted by atomic mass is 19.1. The van der Waals surface area contributed by atoms with Crippen molar-refractivity contribution in [2.75, 3.05) is 5.32 Å². The predicted molar refractivity (Wildman–Crippen MR) is 66.7 cm³/mol. The number of amides is 1. The fourth-order valence-corrected chi connectivity index (χ4v) is 1.55. The second kappa shape index (κ2) is 5.47. The van der Waals surface area contributed by atoms with E-state index in [1.807, 2.05) is 0 Å². The van der Waals surface area contributed by atoms with Gasteiger partial charge in [-0.1, -0.05) is 11.3 Å². The van der Waals surface area contributed by atoms with Crippen LogP contribution >= 0.6 is 0 Å². The highest BCUT2D eigenvalue weighted by Crippen LogP contribution is 2.17. The second-order valence-electron chi connectivity index (χ2n) is 4.07. The van der Waals surface area contributed by atoms with Gasteiger partial charge < -0.3 is 10.4 Å². The standard InChI is InChI=1S/C12H11FN4O3/c1-7-8(13)3-2-4-9(7)14-11(18)6-17-5-10(12(19)20)15-16-17/h2-5H,6H2,1H3,(H,14,18)(H,19,20). The molecule has 0 fully saturated rings. The summed E-state index contributed by atoms with van der Waals surface area (Å²) in [5.41, 5.74) is 0.430. The maximum absolute atomic E-state index is 13.3. The third kappa shape index (κ3) is 2.97. The maximum atomic E-state index is 13.3. The molecule has 20 heavy (non-hydrogen) atoms. The van der Waals surface area contributed by atoms with Crippen LogP contribution in [0.2, 0.25) is 0 Å². The van der Waals surface area contributed by atoms with E-state index in [1.165, 1.54) is 12.1 Å². The molecule has 1 amide bonds. The number of hydrogen-bond acceptors (Lipinski definition) is 4. The fraction of sp³-hybridized carbons (Fsp3) is 0.167. The van der Waals surface area contributed by atoms with Crippen LogP contribution in [0, 0.1) is 12.7 Å². The lowest BCUT2D eigenvalue weighted by Crippen LogP contribution is -2.19. The number of aromatic carboxylic acids is 1. The van der Waals surface area contributed by atoms with Gasteiger partial charge in [-0.2, -0.15) is 0 Å². The first-order valence-electron chi connectivity index (χ1n) is 5.66. The number of carboxylic acid groups (broad SMARTS) is 1. The van der Waals surface area contributed by atoms with Gasteiger partial charge in [-0.05, 0) is 19.1 Å². The molecule has 7 nitrogen and oxygen atoms in total. The number of halogens is 1. The van der Waals surface area contributed by atoms with Crippen LogP contribution in [-0.2, 0) is 11.3 Å². The Morgan fingerprint density at radius 3 is 2.85 bits per heavy atom. The largest absolute Gasteiger partial charge is 0.476 e. The van der Waals surface area contributed by atoms with E-state index in [0.29, 0.717) is 11.3 Å². The summed E-state index contributed by atoms with van der Waals surface area (Å²) in [5.74, 6) is -2.10. The summed E-state index contributed by atoms with van der Waals surface area (Å²) >= 11 is 0. The van der Waals surface area contributed by atoms with Crippen LogP contribution in [0.15, 0.2) is 24.4 Å². The number of benzene rings is 1. The van der Waals surface area contributed by atoms with Crippen molar-refractivity contribution in [1.29, 1.82) is 0 Å². The van der Waals surface area contributed by atoms with Crippen molar-refractivity contribution in [2.24, 2.45) is 0 Å². The first-order valence-corrected chi connectivity index (χ1v) is 5.66. The van der Waals surface area contributed by atoms with Crippen LogP contribution < -0.4 is 5.32 Å². The van der Waals surface area contributed by atoms with E-state index >= 15 is 0 Å². The molecule has 0 atom stereocenters. The summed E-state index contributed by atoms with van der Waals surface area (Å²) in [6, 6.07) is 4.35. The Balaban J connectivity index is 2.05. The molecule has 0 spiro atoms. The Labute approximate surface area is 113 Å². The molecule has 104 valence electrons. The van der Waals surface area contributed by atoms with Gasteiger partial charge in [0.1, 0.15) is 12.4 Å². The Kier molecular flexibility index (Phi) is 3.74. The summed E-state index contributed by atoms with van der Waals surface area (Å²) < 4.78 is 14.4. The number of aromatic nitrogens is 3. The van der Waals surface area contributed by atoms with E-state index in [9.17, 15) is 14.0 Å². The van der Waals surface area contributed by atoms with Crippen molar-refractivity contribution in [3.63, 3.8) is 0 Å². The molecule has 0 aliphatic rings. The van der Waals surface area contributed by atoms with Gasteiger partial charge in [0.15, 0.2) is 5.69 Å². The summed E-state index contributed by atoms with van der Waals surface area (Å²) in [6.07, 6.45) is 1.14. The third-order valence-electron chi connectivity index (χ3n) is 2.61. The molecule has 2 N–H and O–H groups in total. The van der Waals surface area contributed by atoms with Crippen LogP contribution in [0.1, 0.15) is 16.1 Å². The van der Waals surface area contributed by atoms with Gasteiger partial charge >= 0.3 is 5.97 Å². The lowest BCUT2D eigenvalue weighted by Gasteiger charge is -2.08. The summed E-state index contributed by atoms with van der Waals surface area (Å²) in [6.45, 7) is 1.33. The zero-order valence-electron chi connectivity index (χ0n) is 10.5. The highest BCUT2D eigenvalue weighted by Gasteiger charge is 2.12. The number of anilines is 1. The van der Waals surface area contributed by atoms with Crippen molar-refractivity contribution in [3.8, 4) is 0 Å². The fourth-order valence-electron chi connectivity index (χ4n) is 1.55. The Morgan fingerprint density at radius 2 is 2.20 bits per heavy atom. The highest BCUT2D eigenvalue weighted by molar-refractivity contribution is 5.91. The third-order valence-corrected chi connectivity index (χ3v) is 2.61. The zero-order chi connectivity index (χ0) is 14.7. The molecular formula is C12H11FN4O3. The zero-order valence-corrected chi connectivity index (χ0v) is 10.5. The van der Waals surface area contributed by atoms with Crippen LogP contribution in [0.3, 0.4) is 0 Å². The predicted octanol–water partition coefficient (Wildman–Crippen LogP) is 1.06. The van der Waals surface area contributed by atoms with E-state index in [2.05, 4.69) is 15.6 Å². The summed E-state index contributed by atoms with van der Waals surface area (Å²) in [5, 5.41) is 18.1. The van der Waals surface area contributed by atoms with Gasteiger partial charge in [0.2, 0.25) is 5.91 Å². The van der Waals surface area contributed by atoms with E-state index in [0.717, 1.165) is 10.9 Å². The SMILES string of the molecule is Cc1c(F)cccc1NC(=O)Cn1cc(C(=O)O)nn1. The smallest absolute Gasteiger partial charge is 0.358 e. The van der Waals surface area contributed by atoms with Gasteiger partial charge in [-0.25, -0.2) is 13.9 Å². The first kappa shape index (κ1) is 13.7. The molecule has 1 aromatic carbocycles. The number of nitrogens with zero attached hydrogens (tertiary/aromatic N) is 3. The maximum Gasteiger partial charge on any atom is 0.358 e. The van der Waals surface area contributed by atoms with Crippen LogP contribution in [0.4, 0.5) is 10.1 Å². The molecule has 0 aliphatic carbocycles. The molecule has 0 bridgehead atoms. The Hall–Kier alpha value is -2.77. The van der Waals surface area contributed by atoms with Gasteiger partial charge in [0.05, 0.1) is 6.20 Å². The minimum Gasteiger partial charge on any atom is -0.476 e. The van der Waals surface area contributed by atoms with E-state index in [-0.39, 0.29) is 12.2 Å². The molecule has 2 rings (SSSR count). The van der Waals surface area contributed by atoms with Crippen molar-refractivity contribution in [1.82, 2.24) is 15.0 Å². The average molecular weight is 278 g/mol. The molecule has 0 saturated heterocycles. The number of rotatable bonds is 4. The van der Waals surface area contributed by atoms with Gasteiger partial charge in [-0.15, -0.1) is 5.10 Å². The van der Waals surface area contributed by atoms with Crippen molar-refractivity contribution in [2.45, 2.75) is 13.5 Å². The van der Waals surface area contributed by atoms with E-state index < -0.39 is 17.7 Å². The minimum absolute atomic E-state index is 0.212. The lowest BCUT2D eigenvalue weighted by molar-refractivity contribution is -0.116. The number of carbonyl (C=O) groups is 2. The van der Waals surface area contributed by atoms with Crippen LogP contribution in [-0.4, -0.2) is 32.0 Å². The van der Waals surface area contributed by atoms with Crippen molar-refractivity contribution in [3.05, 3.63) is 41.5 Å². The van der Waals surface area contributed by atoms with Gasteiger partial charge in [0.25, 0.3) is 0 Å². The second-order valence-corrected chi connectivity index (χ2v) is 4.07. The number of hydrogen-bond donors (Lipinski definition) is 2. The molecule has 0 unspecified atom stereocenters. The van der Waals surface area contributed by atoms with Crippen molar-refractivity contribution >= 4 is 17.6 Å². The molecule has 0 saturated carbocycles. The number of carboxylic acids is 1. The Bertz CT molecular complexity index is 668. The molecule has 2 aromatic rings. The van der Waals surface area contributed by atoms with Crippen LogP contribution in [0.25, 0.3) is 0 Å². The minimum atomic E-state index is -1.22. The van der Waals surface area contributed by atoms with E-state index in [4.69, 9.17) is 5.11 Å². The van der Waals surface area contributed by atoms with E-state index in [1.54, 1.807) is 13.0 Å². The van der Waals surface area contributed by atoms with Gasteiger partial charge in [0, 0.05) is 11.3 Å². The first-order chi connectivity index (χ1) is 9.47. The molecule has 1 aromatic heterocycles. The number of nitrogens with one attached hydrogen (secondary N) is 1. The molecule has 0 radical (unpaired) electrons.